The fourth-order valence-electron chi connectivity index (χ4n) is 3.45. The zero-order valence-corrected chi connectivity index (χ0v) is 11.2. The number of hydrogen-bond acceptors (Lipinski definition) is 2. The van der Waals surface area contributed by atoms with Crippen LogP contribution in [-0.2, 0) is 4.79 Å². The Kier molecular flexibility index (Phi) is 3.35. The van der Waals surface area contributed by atoms with Crippen LogP contribution in [0.1, 0.15) is 64.2 Å². The first-order valence-corrected chi connectivity index (χ1v) is 7.68. The summed E-state index contributed by atoms with van der Waals surface area (Å²) in [5.74, 6) is 1.56. The van der Waals surface area contributed by atoms with Crippen LogP contribution in [-0.4, -0.2) is 22.7 Å². The molecule has 0 aromatic rings. The largest absolute Gasteiger partial charge is 0.389 e. The standard InChI is InChI=1S/C15H25NO2/c17-13(10-15(18)8-2-1-3-9-15)16-14(11-4-5-11)12-6-7-12/h11-12,14,18H,1-10H2,(H,16,17). The van der Waals surface area contributed by atoms with E-state index in [9.17, 15) is 9.90 Å². The van der Waals surface area contributed by atoms with Gasteiger partial charge in [-0.05, 0) is 50.4 Å². The molecular formula is C15H25NO2. The van der Waals surface area contributed by atoms with E-state index in [0.717, 1.165) is 37.5 Å². The summed E-state index contributed by atoms with van der Waals surface area (Å²) in [5.41, 5.74) is -0.708. The second-order valence-corrected chi connectivity index (χ2v) is 6.73. The van der Waals surface area contributed by atoms with Crippen LogP contribution in [0, 0.1) is 11.8 Å². The molecule has 0 aliphatic heterocycles. The van der Waals surface area contributed by atoms with Crippen LogP contribution in [0.2, 0.25) is 0 Å². The molecule has 0 unspecified atom stereocenters. The molecule has 0 radical (unpaired) electrons. The molecule has 3 nitrogen and oxygen atoms in total. The minimum absolute atomic E-state index is 0.0863. The Morgan fingerprint density at radius 3 is 2.17 bits per heavy atom. The molecule has 3 saturated carbocycles. The highest BCUT2D eigenvalue weighted by Crippen LogP contribution is 2.44. The molecule has 0 atom stereocenters. The van der Waals surface area contributed by atoms with Gasteiger partial charge in [-0.2, -0.15) is 0 Å². The van der Waals surface area contributed by atoms with Crippen LogP contribution in [0.15, 0.2) is 0 Å². The third kappa shape index (κ3) is 3.05. The lowest BCUT2D eigenvalue weighted by atomic mass is 9.82. The predicted octanol–water partition coefficient (Wildman–Crippen LogP) is 2.38. The van der Waals surface area contributed by atoms with Gasteiger partial charge in [0.25, 0.3) is 0 Å². The maximum absolute atomic E-state index is 12.1. The van der Waals surface area contributed by atoms with Crippen molar-refractivity contribution in [3.05, 3.63) is 0 Å². The van der Waals surface area contributed by atoms with Crippen LogP contribution in [0.5, 0.6) is 0 Å². The summed E-state index contributed by atoms with van der Waals surface area (Å²) in [5, 5.41) is 13.6. The number of amides is 1. The van der Waals surface area contributed by atoms with Crippen molar-refractivity contribution in [2.75, 3.05) is 0 Å². The summed E-state index contributed by atoms with van der Waals surface area (Å²) >= 11 is 0. The van der Waals surface area contributed by atoms with Gasteiger partial charge in [0.2, 0.25) is 5.91 Å². The quantitative estimate of drug-likeness (QED) is 0.788. The number of nitrogens with one attached hydrogen (secondary N) is 1. The van der Waals surface area contributed by atoms with Gasteiger partial charge in [-0.3, -0.25) is 4.79 Å². The SMILES string of the molecule is O=C(CC1(O)CCCCC1)NC(C1CC1)C1CC1. The smallest absolute Gasteiger partial charge is 0.223 e. The minimum atomic E-state index is -0.708. The van der Waals surface area contributed by atoms with E-state index in [1.165, 1.54) is 32.1 Å². The molecular weight excluding hydrogens is 226 g/mol. The number of carbonyl (C=O) groups is 1. The second kappa shape index (κ2) is 4.84. The fourth-order valence-corrected chi connectivity index (χ4v) is 3.45. The molecule has 0 spiro atoms. The van der Waals surface area contributed by atoms with E-state index in [1.54, 1.807) is 0 Å². The van der Waals surface area contributed by atoms with E-state index in [4.69, 9.17) is 0 Å². The summed E-state index contributed by atoms with van der Waals surface area (Å²) in [6.45, 7) is 0. The molecule has 2 N–H and O–H groups in total. The van der Waals surface area contributed by atoms with Gasteiger partial charge < -0.3 is 10.4 Å². The molecule has 0 aromatic carbocycles. The third-order valence-electron chi connectivity index (χ3n) is 4.86. The van der Waals surface area contributed by atoms with Crippen LogP contribution in [0.4, 0.5) is 0 Å². The molecule has 3 heteroatoms. The molecule has 3 aliphatic carbocycles. The van der Waals surface area contributed by atoms with E-state index < -0.39 is 5.60 Å². The summed E-state index contributed by atoms with van der Waals surface area (Å²) in [7, 11) is 0. The van der Waals surface area contributed by atoms with Gasteiger partial charge in [0, 0.05) is 6.04 Å². The van der Waals surface area contributed by atoms with Crippen LogP contribution in [0.3, 0.4) is 0 Å². The molecule has 1 amide bonds. The lowest BCUT2D eigenvalue weighted by molar-refractivity contribution is -0.128. The Morgan fingerprint density at radius 2 is 1.67 bits per heavy atom. The molecule has 0 saturated heterocycles. The highest BCUT2D eigenvalue weighted by molar-refractivity contribution is 5.77. The van der Waals surface area contributed by atoms with Crippen molar-refractivity contribution in [3.63, 3.8) is 0 Å². The third-order valence-corrected chi connectivity index (χ3v) is 4.86. The Balaban J connectivity index is 1.50. The highest BCUT2D eigenvalue weighted by atomic mass is 16.3. The molecule has 102 valence electrons. The van der Waals surface area contributed by atoms with E-state index in [1.807, 2.05) is 0 Å². The van der Waals surface area contributed by atoms with E-state index in [2.05, 4.69) is 5.32 Å². The average Bonchev–Trinajstić information content (AvgIpc) is 3.18. The maximum atomic E-state index is 12.1. The van der Waals surface area contributed by atoms with E-state index >= 15 is 0 Å². The molecule has 18 heavy (non-hydrogen) atoms. The normalized spacial score (nSPS) is 27.2. The van der Waals surface area contributed by atoms with Crippen LogP contribution in [0.25, 0.3) is 0 Å². The zero-order chi connectivity index (χ0) is 12.6. The highest BCUT2D eigenvalue weighted by Gasteiger charge is 2.43. The summed E-state index contributed by atoms with van der Waals surface area (Å²) in [4.78, 5) is 12.1. The summed E-state index contributed by atoms with van der Waals surface area (Å²) in [6, 6.07) is 0.421. The van der Waals surface area contributed by atoms with Crippen molar-refractivity contribution < 1.29 is 9.90 Å². The van der Waals surface area contributed by atoms with Crippen molar-refractivity contribution in [1.29, 1.82) is 0 Å². The monoisotopic (exact) mass is 251 g/mol. The van der Waals surface area contributed by atoms with Crippen LogP contribution >= 0.6 is 0 Å². The first kappa shape index (κ1) is 12.5. The van der Waals surface area contributed by atoms with Crippen molar-refractivity contribution in [1.82, 2.24) is 5.32 Å². The molecule has 0 aromatic heterocycles. The van der Waals surface area contributed by atoms with Gasteiger partial charge >= 0.3 is 0 Å². The first-order chi connectivity index (χ1) is 8.66. The molecule has 3 rings (SSSR count). The van der Waals surface area contributed by atoms with Gasteiger partial charge in [-0.15, -0.1) is 0 Å². The Labute approximate surface area is 109 Å². The van der Waals surface area contributed by atoms with Gasteiger partial charge in [0.05, 0.1) is 12.0 Å². The topological polar surface area (TPSA) is 49.3 Å². The van der Waals surface area contributed by atoms with Crippen molar-refractivity contribution >= 4 is 5.91 Å². The number of aliphatic hydroxyl groups is 1. The van der Waals surface area contributed by atoms with Crippen molar-refractivity contribution in [2.45, 2.75) is 75.9 Å². The lowest BCUT2D eigenvalue weighted by Crippen LogP contribution is -2.43. The Hall–Kier alpha value is -0.570. The number of carbonyl (C=O) groups excluding carboxylic acids is 1. The predicted molar refractivity (Wildman–Crippen MR) is 70.0 cm³/mol. The van der Waals surface area contributed by atoms with Gasteiger partial charge in [0.1, 0.15) is 0 Å². The Morgan fingerprint density at radius 1 is 1.11 bits per heavy atom. The van der Waals surface area contributed by atoms with E-state index in [-0.39, 0.29) is 5.91 Å². The second-order valence-electron chi connectivity index (χ2n) is 6.73. The number of hydrogen-bond donors (Lipinski definition) is 2. The number of rotatable bonds is 5. The van der Waals surface area contributed by atoms with Crippen LogP contribution < -0.4 is 5.32 Å². The maximum Gasteiger partial charge on any atom is 0.223 e. The first-order valence-electron chi connectivity index (χ1n) is 7.68. The van der Waals surface area contributed by atoms with Gasteiger partial charge in [-0.1, -0.05) is 19.3 Å². The summed E-state index contributed by atoms with van der Waals surface area (Å²) < 4.78 is 0. The Bertz CT molecular complexity index is 302. The van der Waals surface area contributed by atoms with Crippen molar-refractivity contribution in [2.24, 2.45) is 11.8 Å². The minimum Gasteiger partial charge on any atom is -0.389 e. The average molecular weight is 251 g/mol. The zero-order valence-electron chi connectivity index (χ0n) is 11.2. The van der Waals surface area contributed by atoms with Gasteiger partial charge in [-0.25, -0.2) is 0 Å². The molecule has 0 heterocycles. The van der Waals surface area contributed by atoms with Gasteiger partial charge in [0.15, 0.2) is 0 Å². The molecule has 3 aliphatic rings. The van der Waals surface area contributed by atoms with E-state index in [0.29, 0.717) is 12.5 Å². The summed E-state index contributed by atoms with van der Waals surface area (Å²) in [6.07, 6.45) is 10.4. The molecule has 3 fully saturated rings. The lowest BCUT2D eigenvalue weighted by Gasteiger charge is -2.32. The van der Waals surface area contributed by atoms with Crippen molar-refractivity contribution in [3.8, 4) is 0 Å². The molecule has 0 bridgehead atoms. The fraction of sp³-hybridized carbons (Fsp3) is 0.933.